The second-order valence-electron chi connectivity index (χ2n) is 3.52. The molecule has 1 atom stereocenters. The van der Waals surface area contributed by atoms with Gasteiger partial charge in [0.25, 0.3) is 0 Å². The molecule has 0 bridgehead atoms. The minimum atomic E-state index is -0.0144. The van der Waals surface area contributed by atoms with Gasteiger partial charge in [-0.1, -0.05) is 0 Å². The number of rotatable bonds is 8. The number of hydrogen-bond donors (Lipinski definition) is 2. The van der Waals surface area contributed by atoms with Crippen molar-refractivity contribution >= 4 is 30.1 Å². The number of carbonyl (C=O) groups is 1. The predicted octanol–water partition coefficient (Wildman–Crippen LogP) is 0.240. The molecular formula is C10H21ClN2O3S. The first-order valence-corrected chi connectivity index (χ1v) is 6.65. The van der Waals surface area contributed by atoms with Crippen LogP contribution in [0.15, 0.2) is 0 Å². The Hall–Kier alpha value is -0.0100. The molecule has 7 heteroatoms. The highest BCUT2D eigenvalue weighted by Crippen LogP contribution is 2.08. The van der Waals surface area contributed by atoms with Crippen LogP contribution >= 0.6 is 24.2 Å². The number of methoxy groups -OCH3 is 1. The van der Waals surface area contributed by atoms with Crippen molar-refractivity contribution < 1.29 is 14.3 Å². The fourth-order valence-electron chi connectivity index (χ4n) is 1.32. The molecule has 1 rings (SSSR count). The first kappa shape index (κ1) is 17.0. The van der Waals surface area contributed by atoms with E-state index in [-0.39, 0.29) is 24.4 Å². The summed E-state index contributed by atoms with van der Waals surface area (Å²) < 4.78 is 10.1. The third-order valence-electron chi connectivity index (χ3n) is 2.23. The molecule has 1 aliphatic rings. The van der Waals surface area contributed by atoms with E-state index in [4.69, 9.17) is 9.47 Å². The Kier molecular flexibility index (Phi) is 11.1. The number of nitrogens with one attached hydrogen (secondary N) is 2. The lowest BCUT2D eigenvalue weighted by Crippen LogP contribution is -2.42. The Balaban J connectivity index is 0.00000256. The maximum absolute atomic E-state index is 11.5. The van der Waals surface area contributed by atoms with Crippen LogP contribution in [-0.4, -0.2) is 57.1 Å². The van der Waals surface area contributed by atoms with Crippen LogP contribution in [0.3, 0.4) is 0 Å². The molecule has 1 fully saturated rings. The Bertz CT molecular complexity index is 204. The van der Waals surface area contributed by atoms with Crippen LogP contribution in [-0.2, 0) is 14.3 Å². The summed E-state index contributed by atoms with van der Waals surface area (Å²) in [6.07, 6.45) is 0.843. The zero-order chi connectivity index (χ0) is 11.6. The van der Waals surface area contributed by atoms with Crippen molar-refractivity contribution in [3.8, 4) is 0 Å². The smallest absolute Gasteiger partial charge is 0.238 e. The molecule has 0 aliphatic carbocycles. The first-order valence-electron chi connectivity index (χ1n) is 5.50. The van der Waals surface area contributed by atoms with Crippen molar-refractivity contribution in [3.63, 3.8) is 0 Å². The van der Waals surface area contributed by atoms with Gasteiger partial charge in [-0.25, -0.2) is 0 Å². The zero-order valence-corrected chi connectivity index (χ0v) is 11.7. The molecule has 0 radical (unpaired) electrons. The van der Waals surface area contributed by atoms with Gasteiger partial charge in [-0.3, -0.25) is 10.1 Å². The topological polar surface area (TPSA) is 59.6 Å². The van der Waals surface area contributed by atoms with Gasteiger partial charge in [0.2, 0.25) is 5.91 Å². The molecule has 0 spiro atoms. The van der Waals surface area contributed by atoms with E-state index in [0.717, 1.165) is 18.1 Å². The molecule has 0 aromatic carbocycles. The van der Waals surface area contributed by atoms with Gasteiger partial charge in [-0.05, 0) is 6.42 Å². The van der Waals surface area contributed by atoms with Crippen LogP contribution < -0.4 is 10.6 Å². The van der Waals surface area contributed by atoms with Crippen LogP contribution in [0.4, 0.5) is 0 Å². The van der Waals surface area contributed by atoms with E-state index < -0.39 is 0 Å². The Morgan fingerprint density at radius 3 is 2.94 bits per heavy atom. The van der Waals surface area contributed by atoms with Crippen molar-refractivity contribution in [1.82, 2.24) is 10.6 Å². The van der Waals surface area contributed by atoms with E-state index in [0.29, 0.717) is 26.4 Å². The highest BCUT2D eigenvalue weighted by molar-refractivity contribution is 7.99. The van der Waals surface area contributed by atoms with Gasteiger partial charge in [-0.2, -0.15) is 0 Å². The number of hydrogen-bond acceptors (Lipinski definition) is 5. The summed E-state index contributed by atoms with van der Waals surface area (Å²) in [6.45, 7) is 2.58. The summed E-state index contributed by atoms with van der Waals surface area (Å²) in [5.74, 6) is 1.84. The summed E-state index contributed by atoms with van der Waals surface area (Å²) in [7, 11) is 1.65. The average molecular weight is 285 g/mol. The molecule has 1 heterocycles. The summed E-state index contributed by atoms with van der Waals surface area (Å²) >= 11 is 1.75. The summed E-state index contributed by atoms with van der Waals surface area (Å²) in [6, 6.07) is -0.0144. The maximum atomic E-state index is 11.5. The van der Waals surface area contributed by atoms with E-state index in [1.165, 1.54) is 0 Å². The molecule has 0 saturated carbocycles. The lowest BCUT2D eigenvalue weighted by Gasteiger charge is -2.10. The molecule has 0 aromatic heterocycles. The van der Waals surface area contributed by atoms with E-state index in [1.54, 1.807) is 18.9 Å². The van der Waals surface area contributed by atoms with E-state index in [1.807, 2.05) is 0 Å². The molecule has 1 amide bonds. The lowest BCUT2D eigenvalue weighted by atomic mass is 10.3. The van der Waals surface area contributed by atoms with Gasteiger partial charge in [0, 0.05) is 31.9 Å². The second-order valence-corrected chi connectivity index (χ2v) is 4.55. The molecule has 5 nitrogen and oxygen atoms in total. The van der Waals surface area contributed by atoms with Crippen LogP contribution in [0.1, 0.15) is 6.42 Å². The van der Waals surface area contributed by atoms with Gasteiger partial charge in [0.05, 0.1) is 19.3 Å². The van der Waals surface area contributed by atoms with Crippen LogP contribution in [0.25, 0.3) is 0 Å². The first-order chi connectivity index (χ1) is 7.84. The maximum Gasteiger partial charge on any atom is 0.238 e. The monoisotopic (exact) mass is 284 g/mol. The average Bonchev–Trinajstić information content (AvgIpc) is 2.81. The minimum Gasteiger partial charge on any atom is -0.382 e. The highest BCUT2D eigenvalue weighted by Gasteiger charge is 2.21. The van der Waals surface area contributed by atoms with Crippen LogP contribution in [0.2, 0.25) is 0 Å². The molecule has 0 aromatic rings. The molecule has 102 valence electrons. The summed E-state index contributed by atoms with van der Waals surface area (Å²) in [4.78, 5) is 11.5. The van der Waals surface area contributed by atoms with Crippen molar-refractivity contribution in [2.45, 2.75) is 12.5 Å². The van der Waals surface area contributed by atoms with Crippen LogP contribution in [0.5, 0.6) is 0 Å². The molecule has 2 N–H and O–H groups in total. The van der Waals surface area contributed by atoms with Gasteiger partial charge in [0.15, 0.2) is 0 Å². The number of ether oxygens (including phenoxy) is 2. The fourth-order valence-corrected chi connectivity index (χ4v) is 2.26. The van der Waals surface area contributed by atoms with Crippen molar-refractivity contribution in [2.75, 3.05) is 45.1 Å². The predicted molar refractivity (Wildman–Crippen MR) is 71.8 cm³/mol. The van der Waals surface area contributed by atoms with Gasteiger partial charge in [0.1, 0.15) is 0 Å². The number of halogens is 1. The Labute approximate surface area is 113 Å². The molecular weight excluding hydrogens is 264 g/mol. The quantitative estimate of drug-likeness (QED) is 0.626. The lowest BCUT2D eigenvalue weighted by molar-refractivity contribution is -0.122. The Morgan fingerprint density at radius 2 is 2.29 bits per heavy atom. The standard InChI is InChI=1S/C10H20N2O3S.ClH/c1-14-5-6-15-4-2-3-11-10(13)9-7-16-8-12-9;/h9,12H,2-8H2,1H3,(H,11,13);1H. The molecule has 1 saturated heterocycles. The number of thioether (sulfide) groups is 1. The number of carbonyl (C=O) groups excluding carboxylic acids is 1. The van der Waals surface area contributed by atoms with E-state index in [2.05, 4.69) is 10.6 Å². The zero-order valence-electron chi connectivity index (χ0n) is 10.1. The third-order valence-corrected chi connectivity index (χ3v) is 3.17. The van der Waals surface area contributed by atoms with E-state index >= 15 is 0 Å². The van der Waals surface area contributed by atoms with Gasteiger partial charge >= 0.3 is 0 Å². The van der Waals surface area contributed by atoms with Gasteiger partial charge < -0.3 is 14.8 Å². The second kappa shape index (κ2) is 11.1. The van der Waals surface area contributed by atoms with Gasteiger partial charge in [-0.15, -0.1) is 24.2 Å². The summed E-state index contributed by atoms with van der Waals surface area (Å²) in [5, 5.41) is 6.02. The fraction of sp³-hybridized carbons (Fsp3) is 0.900. The number of amides is 1. The van der Waals surface area contributed by atoms with Crippen molar-refractivity contribution in [2.24, 2.45) is 0 Å². The van der Waals surface area contributed by atoms with Crippen LogP contribution in [0, 0.1) is 0 Å². The highest BCUT2D eigenvalue weighted by atomic mass is 35.5. The molecule has 17 heavy (non-hydrogen) atoms. The Morgan fingerprint density at radius 1 is 1.47 bits per heavy atom. The molecule has 1 unspecified atom stereocenters. The summed E-state index contributed by atoms with van der Waals surface area (Å²) in [5.41, 5.74) is 0. The third kappa shape index (κ3) is 7.83. The largest absolute Gasteiger partial charge is 0.382 e. The SMILES string of the molecule is COCCOCCCNC(=O)C1CSCN1.Cl. The van der Waals surface area contributed by atoms with E-state index in [9.17, 15) is 4.79 Å². The molecule has 1 aliphatic heterocycles. The van der Waals surface area contributed by atoms with Crippen molar-refractivity contribution in [1.29, 1.82) is 0 Å². The minimum absolute atomic E-state index is 0. The normalized spacial score (nSPS) is 18.8. The van der Waals surface area contributed by atoms with Crippen molar-refractivity contribution in [3.05, 3.63) is 0 Å².